The van der Waals surface area contributed by atoms with Crippen LogP contribution in [-0.4, -0.2) is 39.8 Å². The van der Waals surface area contributed by atoms with Crippen LogP contribution in [-0.2, 0) is 10.0 Å². The van der Waals surface area contributed by atoms with Crippen LogP contribution in [0.15, 0.2) is 59.5 Å². The van der Waals surface area contributed by atoms with Gasteiger partial charge in [0.1, 0.15) is 0 Å². The summed E-state index contributed by atoms with van der Waals surface area (Å²) in [7, 11) is -3.50. The monoisotopic (exact) mass is 320 g/mol. The Morgan fingerprint density at radius 2 is 1.45 bits per heavy atom. The summed E-state index contributed by atoms with van der Waals surface area (Å²) in [6, 6.07) is 16.6. The molecule has 6 heteroatoms. The SMILES string of the molecule is O=S(=O)(NCCNCCO)c1ccc(-c2ccccc2)cc1. The van der Waals surface area contributed by atoms with Gasteiger partial charge in [0.25, 0.3) is 0 Å². The molecule has 2 aromatic carbocycles. The highest BCUT2D eigenvalue weighted by Gasteiger charge is 2.12. The molecule has 3 N–H and O–H groups in total. The molecule has 0 aliphatic rings. The number of hydrogen-bond donors (Lipinski definition) is 3. The molecular formula is C16H20N2O3S. The molecule has 0 spiro atoms. The highest BCUT2D eigenvalue weighted by atomic mass is 32.2. The van der Waals surface area contributed by atoms with Crippen molar-refractivity contribution in [3.8, 4) is 11.1 Å². The average Bonchev–Trinajstić information content (AvgIpc) is 2.55. The van der Waals surface area contributed by atoms with E-state index in [0.717, 1.165) is 11.1 Å². The Labute approximate surface area is 131 Å². The molecule has 0 fully saturated rings. The molecule has 0 bridgehead atoms. The third kappa shape index (κ3) is 4.64. The quantitative estimate of drug-likeness (QED) is 0.639. The van der Waals surface area contributed by atoms with Gasteiger partial charge >= 0.3 is 0 Å². The van der Waals surface area contributed by atoms with E-state index in [9.17, 15) is 8.42 Å². The fourth-order valence-electron chi connectivity index (χ4n) is 2.02. The largest absolute Gasteiger partial charge is 0.395 e. The van der Waals surface area contributed by atoms with Crippen molar-refractivity contribution in [3.05, 3.63) is 54.6 Å². The van der Waals surface area contributed by atoms with E-state index in [-0.39, 0.29) is 18.0 Å². The van der Waals surface area contributed by atoms with E-state index in [1.165, 1.54) is 0 Å². The van der Waals surface area contributed by atoms with Gasteiger partial charge in [-0.3, -0.25) is 0 Å². The molecule has 2 aromatic rings. The number of aliphatic hydroxyl groups is 1. The normalized spacial score (nSPS) is 11.5. The molecule has 0 heterocycles. The van der Waals surface area contributed by atoms with Gasteiger partial charge in [0.05, 0.1) is 11.5 Å². The van der Waals surface area contributed by atoms with Crippen LogP contribution < -0.4 is 10.0 Å². The number of nitrogens with one attached hydrogen (secondary N) is 2. The van der Waals surface area contributed by atoms with Gasteiger partial charge in [0.15, 0.2) is 0 Å². The van der Waals surface area contributed by atoms with E-state index in [0.29, 0.717) is 13.1 Å². The van der Waals surface area contributed by atoms with Crippen molar-refractivity contribution in [2.75, 3.05) is 26.2 Å². The fourth-order valence-corrected chi connectivity index (χ4v) is 3.05. The summed E-state index contributed by atoms with van der Waals surface area (Å²) in [6.45, 7) is 1.24. The van der Waals surface area contributed by atoms with Crippen molar-refractivity contribution in [1.29, 1.82) is 0 Å². The molecule has 5 nitrogen and oxygen atoms in total. The first-order valence-corrected chi connectivity index (χ1v) is 8.58. The van der Waals surface area contributed by atoms with Crippen molar-refractivity contribution in [2.45, 2.75) is 4.90 Å². The summed E-state index contributed by atoms with van der Waals surface area (Å²) < 4.78 is 26.8. The minimum atomic E-state index is -3.50. The zero-order chi connectivity index (χ0) is 15.8. The summed E-state index contributed by atoms with van der Waals surface area (Å²) in [6.07, 6.45) is 0. The summed E-state index contributed by atoms with van der Waals surface area (Å²) in [5.74, 6) is 0. The Morgan fingerprint density at radius 3 is 2.09 bits per heavy atom. The van der Waals surface area contributed by atoms with E-state index >= 15 is 0 Å². The van der Waals surface area contributed by atoms with Crippen molar-refractivity contribution in [3.63, 3.8) is 0 Å². The standard InChI is InChI=1S/C16H20N2O3S/c19-13-12-17-10-11-18-22(20,21)16-8-6-15(7-9-16)14-4-2-1-3-5-14/h1-9,17-19H,10-13H2. The fraction of sp³-hybridized carbons (Fsp3) is 0.250. The maximum atomic E-state index is 12.1. The van der Waals surface area contributed by atoms with Gasteiger partial charge in [0.2, 0.25) is 10.0 Å². The molecule has 0 saturated carbocycles. The molecular weight excluding hydrogens is 300 g/mol. The third-order valence-electron chi connectivity index (χ3n) is 3.15. The molecule has 0 saturated heterocycles. The van der Waals surface area contributed by atoms with Gasteiger partial charge in [-0.25, -0.2) is 13.1 Å². The molecule has 0 aromatic heterocycles. The summed E-state index contributed by atoms with van der Waals surface area (Å²) in [4.78, 5) is 0.245. The topological polar surface area (TPSA) is 78.4 Å². The highest BCUT2D eigenvalue weighted by Crippen LogP contribution is 2.20. The maximum Gasteiger partial charge on any atom is 0.240 e. The molecule has 0 unspecified atom stereocenters. The second-order valence-electron chi connectivity index (χ2n) is 4.76. The number of aliphatic hydroxyl groups excluding tert-OH is 1. The van der Waals surface area contributed by atoms with Crippen LogP contribution in [0.1, 0.15) is 0 Å². The van der Waals surface area contributed by atoms with Gasteiger partial charge < -0.3 is 10.4 Å². The van der Waals surface area contributed by atoms with E-state index < -0.39 is 10.0 Å². The van der Waals surface area contributed by atoms with Crippen LogP contribution >= 0.6 is 0 Å². The van der Waals surface area contributed by atoms with Crippen LogP contribution in [0.3, 0.4) is 0 Å². The van der Waals surface area contributed by atoms with E-state index in [1.807, 2.05) is 30.3 Å². The maximum absolute atomic E-state index is 12.1. The van der Waals surface area contributed by atoms with E-state index in [2.05, 4.69) is 10.0 Å². The first kappa shape index (κ1) is 16.6. The Hall–Kier alpha value is -1.73. The summed E-state index contributed by atoms with van der Waals surface area (Å²) in [5.41, 5.74) is 2.02. The highest BCUT2D eigenvalue weighted by molar-refractivity contribution is 7.89. The summed E-state index contributed by atoms with van der Waals surface area (Å²) in [5, 5.41) is 11.5. The van der Waals surface area contributed by atoms with Gasteiger partial charge in [-0.2, -0.15) is 0 Å². The van der Waals surface area contributed by atoms with Crippen molar-refractivity contribution in [1.82, 2.24) is 10.0 Å². The van der Waals surface area contributed by atoms with Crippen LogP contribution in [0.5, 0.6) is 0 Å². The molecule has 0 radical (unpaired) electrons. The van der Waals surface area contributed by atoms with Gasteiger partial charge in [-0.1, -0.05) is 42.5 Å². The van der Waals surface area contributed by atoms with Crippen molar-refractivity contribution >= 4 is 10.0 Å². The lowest BCUT2D eigenvalue weighted by atomic mass is 10.1. The van der Waals surface area contributed by atoms with Gasteiger partial charge in [-0.05, 0) is 23.3 Å². The van der Waals surface area contributed by atoms with Crippen LogP contribution in [0.25, 0.3) is 11.1 Å². The van der Waals surface area contributed by atoms with Crippen LogP contribution in [0.4, 0.5) is 0 Å². The first-order valence-electron chi connectivity index (χ1n) is 7.10. The van der Waals surface area contributed by atoms with E-state index in [1.54, 1.807) is 24.3 Å². The zero-order valence-electron chi connectivity index (χ0n) is 12.2. The minimum absolute atomic E-state index is 0.0354. The Kier molecular flexibility index (Phi) is 6.09. The molecule has 22 heavy (non-hydrogen) atoms. The smallest absolute Gasteiger partial charge is 0.240 e. The second kappa shape index (κ2) is 8.05. The lowest BCUT2D eigenvalue weighted by Gasteiger charge is -2.08. The molecule has 0 atom stereocenters. The molecule has 0 aliphatic carbocycles. The van der Waals surface area contributed by atoms with Crippen molar-refractivity contribution < 1.29 is 13.5 Å². The average molecular weight is 320 g/mol. The Morgan fingerprint density at radius 1 is 0.818 bits per heavy atom. The Balaban J connectivity index is 2.00. The molecule has 2 rings (SSSR count). The lowest BCUT2D eigenvalue weighted by molar-refractivity contribution is 0.293. The number of sulfonamides is 1. The predicted octanol–water partition coefficient (Wildman–Crippen LogP) is 1.21. The molecule has 0 amide bonds. The predicted molar refractivity (Wildman–Crippen MR) is 87.0 cm³/mol. The minimum Gasteiger partial charge on any atom is -0.395 e. The third-order valence-corrected chi connectivity index (χ3v) is 4.63. The van der Waals surface area contributed by atoms with E-state index in [4.69, 9.17) is 5.11 Å². The second-order valence-corrected chi connectivity index (χ2v) is 6.53. The molecule has 118 valence electrons. The number of rotatable bonds is 8. The zero-order valence-corrected chi connectivity index (χ0v) is 13.0. The molecule has 0 aliphatic heterocycles. The number of benzene rings is 2. The van der Waals surface area contributed by atoms with Crippen molar-refractivity contribution in [2.24, 2.45) is 0 Å². The van der Waals surface area contributed by atoms with Crippen LogP contribution in [0, 0.1) is 0 Å². The lowest BCUT2D eigenvalue weighted by Crippen LogP contribution is -2.32. The van der Waals surface area contributed by atoms with Gasteiger partial charge in [-0.15, -0.1) is 0 Å². The Bertz CT molecular complexity index is 670. The number of hydrogen-bond acceptors (Lipinski definition) is 4. The van der Waals surface area contributed by atoms with Crippen LogP contribution in [0.2, 0.25) is 0 Å². The van der Waals surface area contributed by atoms with Gasteiger partial charge in [0, 0.05) is 19.6 Å². The first-order chi connectivity index (χ1) is 10.6. The summed E-state index contributed by atoms with van der Waals surface area (Å²) >= 11 is 0.